The zero-order chi connectivity index (χ0) is 18.7. The molecule has 1 aromatic heterocycles. The molecular weight excluding hydrogens is 336 g/mol. The molecule has 0 atom stereocenters. The minimum Gasteiger partial charge on any atom is -0.494 e. The summed E-state index contributed by atoms with van der Waals surface area (Å²) in [5, 5.41) is 11.2. The molecule has 27 heavy (non-hydrogen) atoms. The Labute approximate surface area is 160 Å². The molecule has 4 nitrogen and oxygen atoms in total. The molecule has 0 saturated carbocycles. The molecule has 2 heterocycles. The van der Waals surface area contributed by atoms with Gasteiger partial charge in [0.05, 0.1) is 7.11 Å². The van der Waals surface area contributed by atoms with Gasteiger partial charge in [-0.05, 0) is 43.0 Å². The van der Waals surface area contributed by atoms with Crippen molar-refractivity contribution in [1.29, 1.82) is 0 Å². The van der Waals surface area contributed by atoms with Gasteiger partial charge in [-0.25, -0.2) is 4.98 Å². The van der Waals surface area contributed by atoms with Crippen molar-refractivity contribution in [3.05, 3.63) is 66.2 Å². The van der Waals surface area contributed by atoms with Crippen molar-refractivity contribution in [2.45, 2.75) is 19.3 Å². The number of benzene rings is 2. The fraction of sp³-hybridized carbons (Fsp3) is 0.348. The van der Waals surface area contributed by atoms with Crippen LogP contribution in [0.2, 0.25) is 0 Å². The molecule has 1 fully saturated rings. The minimum atomic E-state index is -0.0353. The number of pyridine rings is 1. The van der Waals surface area contributed by atoms with E-state index in [9.17, 15) is 5.11 Å². The van der Waals surface area contributed by atoms with E-state index in [1.165, 1.54) is 5.56 Å². The number of fused-ring (bicyclic) bond motifs is 1. The van der Waals surface area contributed by atoms with Gasteiger partial charge in [-0.2, -0.15) is 0 Å². The highest BCUT2D eigenvalue weighted by molar-refractivity contribution is 5.86. The maximum atomic E-state index is 10.1. The quantitative estimate of drug-likeness (QED) is 0.743. The maximum Gasteiger partial charge on any atom is 0.145 e. The van der Waals surface area contributed by atoms with Gasteiger partial charge < -0.3 is 14.7 Å². The molecule has 0 radical (unpaired) electrons. The molecule has 1 aliphatic rings. The first-order valence-corrected chi connectivity index (χ1v) is 9.57. The number of para-hydroxylation sites is 1. The van der Waals surface area contributed by atoms with Crippen LogP contribution >= 0.6 is 0 Å². The first-order chi connectivity index (χ1) is 13.2. The van der Waals surface area contributed by atoms with E-state index >= 15 is 0 Å². The van der Waals surface area contributed by atoms with E-state index in [0.29, 0.717) is 0 Å². The van der Waals surface area contributed by atoms with E-state index in [1.807, 2.05) is 18.2 Å². The lowest BCUT2D eigenvalue weighted by molar-refractivity contribution is 0.0961. The molecule has 1 N–H and O–H groups in total. The van der Waals surface area contributed by atoms with Gasteiger partial charge in [0.15, 0.2) is 0 Å². The second kappa shape index (κ2) is 7.57. The van der Waals surface area contributed by atoms with Gasteiger partial charge in [-0.15, -0.1) is 0 Å². The van der Waals surface area contributed by atoms with Crippen molar-refractivity contribution >= 4 is 16.7 Å². The van der Waals surface area contributed by atoms with E-state index in [4.69, 9.17) is 9.72 Å². The monoisotopic (exact) mass is 362 g/mol. The molecule has 0 aliphatic carbocycles. The Kier molecular flexibility index (Phi) is 4.99. The predicted molar refractivity (Wildman–Crippen MR) is 109 cm³/mol. The number of methoxy groups -OCH3 is 1. The van der Waals surface area contributed by atoms with Crippen LogP contribution in [0.4, 0.5) is 5.82 Å². The average Bonchev–Trinajstić information content (AvgIpc) is 2.74. The maximum absolute atomic E-state index is 10.1. The molecule has 1 saturated heterocycles. The summed E-state index contributed by atoms with van der Waals surface area (Å²) in [6.45, 7) is 2.04. The molecule has 4 heteroatoms. The topological polar surface area (TPSA) is 45.6 Å². The van der Waals surface area contributed by atoms with Gasteiger partial charge in [0, 0.05) is 30.5 Å². The third kappa shape index (κ3) is 3.62. The van der Waals surface area contributed by atoms with Crippen molar-refractivity contribution in [1.82, 2.24) is 4.98 Å². The summed E-state index contributed by atoms with van der Waals surface area (Å²) in [7, 11) is 1.68. The summed E-state index contributed by atoms with van der Waals surface area (Å²) in [6.07, 6.45) is 2.85. The number of anilines is 1. The summed E-state index contributed by atoms with van der Waals surface area (Å²) < 4.78 is 5.47. The molecule has 0 bridgehead atoms. The number of hydrogen-bond donors (Lipinski definition) is 1. The number of piperidine rings is 1. The zero-order valence-corrected chi connectivity index (χ0v) is 15.8. The number of hydrogen-bond acceptors (Lipinski definition) is 4. The van der Waals surface area contributed by atoms with Gasteiger partial charge >= 0.3 is 0 Å². The van der Waals surface area contributed by atoms with E-state index < -0.39 is 0 Å². The van der Waals surface area contributed by atoms with E-state index in [1.54, 1.807) is 7.11 Å². The molecule has 0 amide bonds. The van der Waals surface area contributed by atoms with Crippen LogP contribution < -0.4 is 9.64 Å². The van der Waals surface area contributed by atoms with Crippen LogP contribution in [0.1, 0.15) is 18.4 Å². The third-order valence-corrected chi connectivity index (χ3v) is 5.79. The smallest absolute Gasteiger partial charge is 0.145 e. The molecule has 3 aromatic rings. The van der Waals surface area contributed by atoms with Gasteiger partial charge in [-0.1, -0.05) is 42.5 Å². The van der Waals surface area contributed by atoms with Crippen LogP contribution in [0.25, 0.3) is 10.9 Å². The van der Waals surface area contributed by atoms with Crippen molar-refractivity contribution in [3.8, 4) is 5.75 Å². The predicted octanol–water partition coefficient (Wildman–Crippen LogP) is 4.07. The molecular formula is C23H26N2O2. The third-order valence-electron chi connectivity index (χ3n) is 5.79. The second-order valence-corrected chi connectivity index (χ2v) is 7.51. The SMILES string of the molecule is COc1cccc2ccc(N3CCC(CO)(Cc4ccccc4)CC3)nc12. The number of aromatic nitrogens is 1. The van der Waals surface area contributed by atoms with Crippen molar-refractivity contribution in [3.63, 3.8) is 0 Å². The molecule has 2 aromatic carbocycles. The minimum absolute atomic E-state index is 0.0353. The van der Waals surface area contributed by atoms with Crippen LogP contribution in [-0.4, -0.2) is 36.9 Å². The number of ether oxygens (including phenoxy) is 1. The summed E-state index contributed by atoms with van der Waals surface area (Å²) in [5.41, 5.74) is 2.17. The second-order valence-electron chi connectivity index (χ2n) is 7.51. The Morgan fingerprint density at radius 2 is 1.78 bits per heavy atom. The number of nitrogens with zero attached hydrogens (tertiary/aromatic N) is 2. The van der Waals surface area contributed by atoms with Crippen LogP contribution in [0.15, 0.2) is 60.7 Å². The van der Waals surface area contributed by atoms with Crippen molar-refractivity contribution in [2.75, 3.05) is 31.7 Å². The highest BCUT2D eigenvalue weighted by Crippen LogP contribution is 2.36. The van der Waals surface area contributed by atoms with E-state index in [0.717, 1.165) is 54.8 Å². The average molecular weight is 362 g/mol. The Morgan fingerprint density at radius 3 is 2.48 bits per heavy atom. The molecule has 140 valence electrons. The van der Waals surface area contributed by atoms with Crippen LogP contribution in [0.3, 0.4) is 0 Å². The summed E-state index contributed by atoms with van der Waals surface area (Å²) >= 11 is 0. The normalized spacial score (nSPS) is 16.4. The first kappa shape index (κ1) is 17.8. The molecule has 0 spiro atoms. The Morgan fingerprint density at radius 1 is 1.00 bits per heavy atom. The summed E-state index contributed by atoms with van der Waals surface area (Å²) in [4.78, 5) is 7.19. The highest BCUT2D eigenvalue weighted by atomic mass is 16.5. The Balaban J connectivity index is 1.52. The fourth-order valence-corrected chi connectivity index (χ4v) is 4.08. The van der Waals surface area contributed by atoms with Crippen LogP contribution in [0.5, 0.6) is 5.75 Å². The molecule has 0 unspecified atom stereocenters. The lowest BCUT2D eigenvalue weighted by Crippen LogP contribution is -2.43. The number of rotatable bonds is 5. The van der Waals surface area contributed by atoms with Gasteiger partial charge in [-0.3, -0.25) is 0 Å². The van der Waals surface area contributed by atoms with Gasteiger partial charge in [0.2, 0.25) is 0 Å². The number of aliphatic hydroxyl groups excluding tert-OH is 1. The standard InChI is InChI=1S/C23H26N2O2/c1-27-20-9-5-8-19-10-11-21(24-22(19)20)25-14-12-23(17-26,13-15-25)16-18-6-3-2-4-7-18/h2-11,26H,12-17H2,1H3. The Bertz CT molecular complexity index is 903. The van der Waals surface area contributed by atoms with Crippen molar-refractivity contribution in [2.24, 2.45) is 5.41 Å². The van der Waals surface area contributed by atoms with Crippen LogP contribution in [-0.2, 0) is 6.42 Å². The lowest BCUT2D eigenvalue weighted by Gasteiger charge is -2.41. The number of aliphatic hydroxyl groups is 1. The fourth-order valence-electron chi connectivity index (χ4n) is 4.08. The zero-order valence-electron chi connectivity index (χ0n) is 15.8. The largest absolute Gasteiger partial charge is 0.494 e. The van der Waals surface area contributed by atoms with Crippen LogP contribution in [0, 0.1) is 5.41 Å². The summed E-state index contributed by atoms with van der Waals surface area (Å²) in [6, 6.07) is 20.7. The van der Waals surface area contributed by atoms with Gasteiger partial charge in [0.1, 0.15) is 17.1 Å². The lowest BCUT2D eigenvalue weighted by atomic mass is 9.74. The first-order valence-electron chi connectivity index (χ1n) is 9.57. The van der Waals surface area contributed by atoms with Crippen molar-refractivity contribution < 1.29 is 9.84 Å². The highest BCUT2D eigenvalue weighted by Gasteiger charge is 2.34. The Hall–Kier alpha value is -2.59. The molecule has 1 aliphatic heterocycles. The molecule has 4 rings (SSSR count). The summed E-state index contributed by atoms with van der Waals surface area (Å²) in [5.74, 6) is 1.79. The van der Waals surface area contributed by atoms with E-state index in [-0.39, 0.29) is 12.0 Å². The van der Waals surface area contributed by atoms with Gasteiger partial charge in [0.25, 0.3) is 0 Å². The van der Waals surface area contributed by atoms with E-state index in [2.05, 4.69) is 47.4 Å².